The molecule has 0 aliphatic carbocycles. The Morgan fingerprint density at radius 2 is 1.89 bits per heavy atom. The van der Waals surface area contributed by atoms with Crippen LogP contribution >= 0.6 is 0 Å². The predicted octanol–water partition coefficient (Wildman–Crippen LogP) is 3.73. The van der Waals surface area contributed by atoms with Gasteiger partial charge in [-0.05, 0) is 37.1 Å². The lowest BCUT2D eigenvalue weighted by Gasteiger charge is -2.12. The summed E-state index contributed by atoms with van der Waals surface area (Å²) in [5.41, 5.74) is 8.01. The molecular weight excluding hydrogens is 340 g/mol. The maximum Gasteiger partial charge on any atom is 0.276 e. The number of nitrogen functional groups attached to an aromatic ring is 1. The summed E-state index contributed by atoms with van der Waals surface area (Å²) in [7, 11) is 0. The molecule has 0 unspecified atom stereocenters. The molecule has 0 saturated carbocycles. The van der Waals surface area contributed by atoms with E-state index in [2.05, 4.69) is 17.3 Å². The van der Waals surface area contributed by atoms with Crippen molar-refractivity contribution in [1.82, 2.24) is 9.78 Å². The van der Waals surface area contributed by atoms with E-state index >= 15 is 0 Å². The number of carbonyl (C=O) groups is 1. The largest absolute Gasteiger partial charge is 0.399 e. The number of fused-ring (bicyclic) bond motifs is 1. The smallest absolute Gasteiger partial charge is 0.276 e. The third-order valence-electron chi connectivity index (χ3n) is 4.57. The molecule has 140 valence electrons. The summed E-state index contributed by atoms with van der Waals surface area (Å²) in [6, 6.07) is 12.4. The van der Waals surface area contributed by atoms with Gasteiger partial charge in [0.2, 0.25) is 0 Å². The minimum absolute atomic E-state index is 0.168. The van der Waals surface area contributed by atoms with Crippen LogP contribution in [0.5, 0.6) is 0 Å². The van der Waals surface area contributed by atoms with Crippen LogP contribution in [0.3, 0.4) is 0 Å². The van der Waals surface area contributed by atoms with Crippen LogP contribution in [-0.4, -0.2) is 15.7 Å². The molecule has 0 bridgehead atoms. The Kier molecular flexibility index (Phi) is 5.54. The highest BCUT2D eigenvalue weighted by molar-refractivity contribution is 6.11. The van der Waals surface area contributed by atoms with Crippen molar-refractivity contribution < 1.29 is 4.79 Å². The molecule has 0 radical (unpaired) electrons. The van der Waals surface area contributed by atoms with E-state index in [-0.39, 0.29) is 17.2 Å². The fraction of sp³-hybridized carbons (Fsp3) is 0.286. The van der Waals surface area contributed by atoms with Crippen LogP contribution in [0.25, 0.3) is 10.8 Å². The number of amides is 1. The van der Waals surface area contributed by atoms with Gasteiger partial charge in [-0.25, -0.2) is 4.68 Å². The quantitative estimate of drug-likeness (QED) is 0.515. The van der Waals surface area contributed by atoms with Crippen molar-refractivity contribution in [3.05, 3.63) is 64.1 Å². The van der Waals surface area contributed by atoms with Gasteiger partial charge < -0.3 is 11.1 Å². The topological polar surface area (TPSA) is 90.0 Å². The molecule has 6 nitrogen and oxygen atoms in total. The Morgan fingerprint density at radius 1 is 1.15 bits per heavy atom. The van der Waals surface area contributed by atoms with Gasteiger partial charge in [0.25, 0.3) is 11.5 Å². The van der Waals surface area contributed by atoms with Gasteiger partial charge in [-0.3, -0.25) is 9.59 Å². The van der Waals surface area contributed by atoms with Crippen LogP contribution in [0.4, 0.5) is 11.4 Å². The molecule has 0 saturated heterocycles. The second kappa shape index (κ2) is 8.03. The van der Waals surface area contributed by atoms with Gasteiger partial charge in [-0.2, -0.15) is 5.10 Å². The molecule has 2 aromatic carbocycles. The Bertz CT molecular complexity index is 1040. The predicted molar refractivity (Wildman–Crippen MR) is 109 cm³/mol. The highest BCUT2D eigenvalue weighted by atomic mass is 16.2. The van der Waals surface area contributed by atoms with Gasteiger partial charge in [0.05, 0.1) is 5.39 Å². The van der Waals surface area contributed by atoms with Crippen molar-refractivity contribution in [2.75, 3.05) is 11.1 Å². The summed E-state index contributed by atoms with van der Waals surface area (Å²) in [6.07, 6.45) is 2.90. The van der Waals surface area contributed by atoms with E-state index in [0.29, 0.717) is 28.7 Å². The van der Waals surface area contributed by atoms with Crippen LogP contribution in [0.2, 0.25) is 0 Å². The highest BCUT2D eigenvalue weighted by Crippen LogP contribution is 2.20. The maximum absolute atomic E-state index is 13.0. The number of rotatable bonds is 6. The number of anilines is 2. The summed E-state index contributed by atoms with van der Waals surface area (Å²) in [6.45, 7) is 4.49. The zero-order valence-corrected chi connectivity index (χ0v) is 15.7. The van der Waals surface area contributed by atoms with Gasteiger partial charge in [0, 0.05) is 23.3 Å². The van der Waals surface area contributed by atoms with Crippen LogP contribution < -0.4 is 16.6 Å². The summed E-state index contributed by atoms with van der Waals surface area (Å²) < 4.78 is 1.40. The van der Waals surface area contributed by atoms with E-state index in [4.69, 9.17) is 5.73 Å². The average Bonchev–Trinajstić information content (AvgIpc) is 2.66. The minimum Gasteiger partial charge on any atom is -0.399 e. The molecule has 27 heavy (non-hydrogen) atoms. The summed E-state index contributed by atoms with van der Waals surface area (Å²) in [4.78, 5) is 25.7. The summed E-state index contributed by atoms with van der Waals surface area (Å²) in [5.74, 6) is -0.357. The van der Waals surface area contributed by atoms with Crippen molar-refractivity contribution in [2.45, 2.75) is 39.7 Å². The lowest BCUT2D eigenvalue weighted by Crippen LogP contribution is -2.28. The van der Waals surface area contributed by atoms with E-state index in [1.807, 2.05) is 13.0 Å². The molecule has 0 aliphatic rings. The Balaban J connectivity index is 2.03. The number of nitrogens with one attached hydrogen (secondary N) is 1. The van der Waals surface area contributed by atoms with Gasteiger partial charge in [0.1, 0.15) is 0 Å². The first kappa shape index (κ1) is 18.6. The zero-order chi connectivity index (χ0) is 19.4. The van der Waals surface area contributed by atoms with Gasteiger partial charge in [-0.15, -0.1) is 0 Å². The van der Waals surface area contributed by atoms with Crippen molar-refractivity contribution in [2.24, 2.45) is 0 Å². The second-order valence-corrected chi connectivity index (χ2v) is 6.66. The second-order valence-electron chi connectivity index (χ2n) is 6.66. The van der Waals surface area contributed by atoms with Crippen molar-refractivity contribution in [3.63, 3.8) is 0 Å². The molecule has 0 atom stereocenters. The summed E-state index contributed by atoms with van der Waals surface area (Å²) >= 11 is 0. The van der Waals surface area contributed by atoms with Crippen LogP contribution in [0, 0.1) is 6.92 Å². The van der Waals surface area contributed by atoms with E-state index in [9.17, 15) is 9.59 Å². The first-order chi connectivity index (χ1) is 13.0. The number of hydrogen-bond donors (Lipinski definition) is 2. The molecule has 1 aromatic heterocycles. The Morgan fingerprint density at radius 3 is 2.63 bits per heavy atom. The number of aryl methyl sites for hydroxylation is 2. The standard InChI is InChI=1S/C21H24N4O2/c1-3-4-7-12-25-21(27)17-9-6-5-8-16(17)19(24-25)20(26)23-18-13-15(22)11-10-14(18)2/h5-6,8-11,13H,3-4,7,12,22H2,1-2H3,(H,23,26). The first-order valence-corrected chi connectivity index (χ1v) is 9.18. The van der Waals surface area contributed by atoms with Gasteiger partial charge >= 0.3 is 0 Å². The SMILES string of the molecule is CCCCCn1nc(C(=O)Nc2cc(N)ccc2C)c2ccccc2c1=O. The molecule has 3 N–H and O–H groups in total. The third kappa shape index (κ3) is 4.00. The number of nitrogens with two attached hydrogens (primary N) is 1. The van der Waals surface area contributed by atoms with E-state index in [0.717, 1.165) is 24.8 Å². The molecular formula is C21H24N4O2. The molecule has 0 aliphatic heterocycles. The van der Waals surface area contributed by atoms with Crippen LogP contribution in [0.15, 0.2) is 47.3 Å². The van der Waals surface area contributed by atoms with Crippen LogP contribution in [0.1, 0.15) is 42.2 Å². The molecule has 6 heteroatoms. The normalized spacial score (nSPS) is 10.9. The molecule has 3 aromatic rings. The maximum atomic E-state index is 13.0. The van der Waals surface area contributed by atoms with E-state index < -0.39 is 0 Å². The van der Waals surface area contributed by atoms with Gasteiger partial charge in [0.15, 0.2) is 5.69 Å². The lowest BCUT2D eigenvalue weighted by molar-refractivity contribution is 0.102. The highest BCUT2D eigenvalue weighted by Gasteiger charge is 2.17. The first-order valence-electron chi connectivity index (χ1n) is 9.18. The molecule has 1 heterocycles. The van der Waals surface area contributed by atoms with E-state index in [1.54, 1.807) is 36.4 Å². The fourth-order valence-corrected chi connectivity index (χ4v) is 3.02. The molecule has 0 spiro atoms. The van der Waals surface area contributed by atoms with Gasteiger partial charge in [-0.1, -0.05) is 44.0 Å². The number of nitrogens with zero attached hydrogens (tertiary/aromatic N) is 2. The number of hydrogen-bond acceptors (Lipinski definition) is 4. The monoisotopic (exact) mass is 364 g/mol. The number of unbranched alkanes of at least 4 members (excludes halogenated alkanes) is 2. The lowest BCUT2D eigenvalue weighted by atomic mass is 10.1. The number of benzene rings is 2. The Labute approximate surface area is 158 Å². The van der Waals surface area contributed by atoms with E-state index in [1.165, 1.54) is 4.68 Å². The summed E-state index contributed by atoms with van der Waals surface area (Å²) in [5, 5.41) is 8.31. The fourth-order valence-electron chi connectivity index (χ4n) is 3.02. The minimum atomic E-state index is -0.357. The van der Waals surface area contributed by atoms with Crippen molar-refractivity contribution in [3.8, 4) is 0 Å². The molecule has 0 fully saturated rings. The molecule has 1 amide bonds. The zero-order valence-electron chi connectivity index (χ0n) is 15.7. The average molecular weight is 364 g/mol. The number of carbonyl (C=O) groups excluding carboxylic acids is 1. The van der Waals surface area contributed by atoms with Crippen molar-refractivity contribution in [1.29, 1.82) is 0 Å². The van der Waals surface area contributed by atoms with Crippen LogP contribution in [-0.2, 0) is 6.54 Å². The third-order valence-corrected chi connectivity index (χ3v) is 4.57. The van der Waals surface area contributed by atoms with Crippen molar-refractivity contribution >= 4 is 28.1 Å². The molecule has 3 rings (SSSR count). The Hall–Kier alpha value is -3.15. The number of aromatic nitrogens is 2.